The summed E-state index contributed by atoms with van der Waals surface area (Å²) in [5.74, 6) is 0. The molecule has 0 amide bonds. The number of hydrogen-bond donors (Lipinski definition) is 0. The minimum absolute atomic E-state index is 0.127. The summed E-state index contributed by atoms with van der Waals surface area (Å²) in [5.41, 5.74) is 10.6. The van der Waals surface area contributed by atoms with Crippen molar-refractivity contribution in [3.05, 3.63) is 120 Å². The van der Waals surface area contributed by atoms with E-state index in [1.165, 1.54) is 68.4 Å². The first-order valence-corrected chi connectivity index (χ1v) is 14.9. The summed E-state index contributed by atoms with van der Waals surface area (Å²) in [6.45, 7) is 7.00. The van der Waals surface area contributed by atoms with Gasteiger partial charge in [0.15, 0.2) is 18.6 Å². The van der Waals surface area contributed by atoms with Gasteiger partial charge in [0, 0.05) is 29.2 Å². The third kappa shape index (κ3) is 4.18. The number of unbranched alkanes of at least 4 members (excludes halogenated alkanes) is 1. The van der Waals surface area contributed by atoms with Gasteiger partial charge in [-0.15, -0.1) is 0 Å². The van der Waals surface area contributed by atoms with Gasteiger partial charge in [-0.25, -0.2) is 4.57 Å². The van der Waals surface area contributed by atoms with E-state index >= 15 is 0 Å². The highest BCUT2D eigenvalue weighted by atomic mass is 15.0. The average molecular weight is 525 g/mol. The summed E-state index contributed by atoms with van der Waals surface area (Å²) in [4.78, 5) is 0. The van der Waals surface area contributed by atoms with Crippen LogP contribution in [0.5, 0.6) is 0 Å². The Morgan fingerprint density at radius 1 is 0.650 bits per heavy atom. The first-order valence-electron chi connectivity index (χ1n) is 14.9. The SMILES string of the molecule is CCCCc1cccc2c3[n+](ccc12)C=C(c1ccccc1-c1cccc[n+]1C)C(CC)(CC)c1ccccc1-3. The average Bonchev–Trinajstić information content (AvgIpc) is 3.13. The van der Waals surface area contributed by atoms with E-state index in [0.29, 0.717) is 0 Å². The molecule has 0 bridgehead atoms. The first-order chi connectivity index (χ1) is 19.6. The maximum Gasteiger partial charge on any atom is 0.226 e. The normalized spacial score (nSPS) is 13.8. The summed E-state index contributed by atoms with van der Waals surface area (Å²) < 4.78 is 4.64. The van der Waals surface area contributed by atoms with Crippen LogP contribution in [0.15, 0.2) is 103 Å². The van der Waals surface area contributed by atoms with Crippen molar-refractivity contribution in [1.29, 1.82) is 0 Å². The van der Waals surface area contributed by atoms with Crippen molar-refractivity contribution in [2.45, 2.75) is 58.3 Å². The molecule has 2 nitrogen and oxygen atoms in total. The van der Waals surface area contributed by atoms with Crippen LogP contribution in [0, 0.1) is 0 Å². The number of rotatable bonds is 7. The number of hydrogen-bond acceptors (Lipinski definition) is 0. The molecule has 1 aliphatic heterocycles. The predicted molar refractivity (Wildman–Crippen MR) is 168 cm³/mol. The number of allylic oxidation sites excluding steroid dienone is 1. The lowest BCUT2D eigenvalue weighted by Crippen LogP contribution is -2.32. The largest absolute Gasteiger partial charge is 0.226 e. The molecule has 3 aromatic carbocycles. The van der Waals surface area contributed by atoms with Crippen molar-refractivity contribution >= 4 is 22.5 Å². The van der Waals surface area contributed by atoms with Gasteiger partial charge in [0.05, 0.1) is 16.5 Å². The molecule has 40 heavy (non-hydrogen) atoms. The van der Waals surface area contributed by atoms with Crippen LogP contribution in [0.4, 0.5) is 0 Å². The molecule has 0 saturated heterocycles. The van der Waals surface area contributed by atoms with E-state index in [1.54, 1.807) is 0 Å². The Balaban J connectivity index is 1.71. The Hall–Kier alpha value is -4.04. The molecule has 5 aromatic rings. The van der Waals surface area contributed by atoms with Gasteiger partial charge in [0.2, 0.25) is 11.4 Å². The fraction of sp³-hybridized carbons (Fsp3) is 0.263. The second-order valence-electron chi connectivity index (χ2n) is 11.2. The van der Waals surface area contributed by atoms with Crippen LogP contribution in [0.1, 0.15) is 63.1 Å². The van der Waals surface area contributed by atoms with Crippen LogP contribution in [-0.2, 0) is 18.9 Å². The Morgan fingerprint density at radius 2 is 1.38 bits per heavy atom. The third-order valence-electron chi connectivity index (χ3n) is 9.15. The minimum Gasteiger partial charge on any atom is -0.201 e. The third-order valence-corrected chi connectivity index (χ3v) is 9.15. The molecule has 0 spiro atoms. The summed E-state index contributed by atoms with van der Waals surface area (Å²) in [6.07, 6.45) is 12.5. The van der Waals surface area contributed by atoms with Crippen LogP contribution >= 0.6 is 0 Å². The van der Waals surface area contributed by atoms with Crippen molar-refractivity contribution in [2.24, 2.45) is 7.05 Å². The van der Waals surface area contributed by atoms with E-state index in [0.717, 1.165) is 19.3 Å². The van der Waals surface area contributed by atoms with Gasteiger partial charge in [0.25, 0.3) is 0 Å². The molecule has 0 radical (unpaired) electrons. The summed E-state index contributed by atoms with van der Waals surface area (Å²) in [7, 11) is 2.14. The van der Waals surface area contributed by atoms with E-state index in [-0.39, 0.29) is 5.41 Å². The first kappa shape index (κ1) is 26.2. The van der Waals surface area contributed by atoms with Gasteiger partial charge in [0.1, 0.15) is 7.05 Å². The lowest BCUT2D eigenvalue weighted by atomic mass is 9.66. The van der Waals surface area contributed by atoms with Gasteiger partial charge in [-0.1, -0.05) is 75.7 Å². The van der Waals surface area contributed by atoms with Crippen molar-refractivity contribution in [1.82, 2.24) is 0 Å². The molecule has 1 aliphatic rings. The van der Waals surface area contributed by atoms with Crippen LogP contribution in [0.3, 0.4) is 0 Å². The van der Waals surface area contributed by atoms with Gasteiger partial charge in [-0.3, -0.25) is 0 Å². The number of nitrogens with zero attached hydrogens (tertiary/aromatic N) is 2. The molecule has 0 atom stereocenters. The molecule has 0 unspecified atom stereocenters. The highest BCUT2D eigenvalue weighted by Crippen LogP contribution is 2.50. The zero-order valence-corrected chi connectivity index (χ0v) is 24.3. The van der Waals surface area contributed by atoms with Crippen LogP contribution in [0.2, 0.25) is 0 Å². The molecule has 6 rings (SSSR count). The molecule has 2 heteroatoms. The lowest BCUT2D eigenvalue weighted by Gasteiger charge is -2.35. The topological polar surface area (TPSA) is 7.76 Å². The molecule has 3 heterocycles. The van der Waals surface area contributed by atoms with Crippen molar-refractivity contribution in [3.63, 3.8) is 0 Å². The number of pyridine rings is 2. The summed E-state index contributed by atoms with van der Waals surface area (Å²) >= 11 is 0. The molecular weight excluding hydrogens is 484 g/mol. The molecule has 200 valence electrons. The number of aryl methyl sites for hydroxylation is 2. The van der Waals surface area contributed by atoms with Crippen LogP contribution < -0.4 is 9.13 Å². The summed E-state index contributed by atoms with van der Waals surface area (Å²) in [6, 6.07) is 33.9. The molecule has 2 aromatic heterocycles. The smallest absolute Gasteiger partial charge is 0.201 e. The van der Waals surface area contributed by atoms with Crippen molar-refractivity contribution in [3.8, 4) is 22.5 Å². The Bertz CT molecular complexity index is 1720. The van der Waals surface area contributed by atoms with Gasteiger partial charge < -0.3 is 0 Å². The fourth-order valence-corrected chi connectivity index (χ4v) is 6.96. The monoisotopic (exact) mass is 524 g/mol. The van der Waals surface area contributed by atoms with Crippen molar-refractivity contribution in [2.75, 3.05) is 0 Å². The highest BCUT2D eigenvalue weighted by Gasteiger charge is 2.42. The lowest BCUT2D eigenvalue weighted by molar-refractivity contribution is -0.660. The van der Waals surface area contributed by atoms with E-state index in [4.69, 9.17) is 0 Å². The quantitative estimate of drug-likeness (QED) is 0.188. The molecular formula is C38H40N2+2. The maximum atomic E-state index is 2.45. The van der Waals surface area contributed by atoms with E-state index in [9.17, 15) is 0 Å². The Labute approximate surface area is 239 Å². The zero-order chi connectivity index (χ0) is 27.7. The van der Waals surface area contributed by atoms with Crippen LogP contribution in [-0.4, -0.2) is 0 Å². The van der Waals surface area contributed by atoms with Gasteiger partial charge in [-0.2, -0.15) is 4.57 Å². The number of aromatic nitrogens is 2. The van der Waals surface area contributed by atoms with Crippen LogP contribution in [0.25, 0.3) is 45.1 Å². The fourth-order valence-electron chi connectivity index (χ4n) is 6.96. The molecule has 0 fully saturated rings. The van der Waals surface area contributed by atoms with E-state index in [2.05, 4.69) is 147 Å². The second-order valence-corrected chi connectivity index (χ2v) is 11.2. The van der Waals surface area contributed by atoms with E-state index < -0.39 is 0 Å². The Kier molecular flexibility index (Phi) is 7.11. The molecule has 0 aliphatic carbocycles. The number of fused-ring (bicyclic) bond motifs is 5. The minimum atomic E-state index is -0.127. The van der Waals surface area contributed by atoms with Gasteiger partial charge in [-0.05, 0) is 72.0 Å². The zero-order valence-electron chi connectivity index (χ0n) is 24.3. The van der Waals surface area contributed by atoms with Crippen molar-refractivity contribution < 1.29 is 9.13 Å². The Morgan fingerprint density at radius 3 is 2.12 bits per heavy atom. The molecule has 0 N–H and O–H groups in total. The van der Waals surface area contributed by atoms with E-state index in [1.807, 2.05) is 0 Å². The van der Waals surface area contributed by atoms with Gasteiger partial charge >= 0.3 is 0 Å². The predicted octanol–water partition coefficient (Wildman–Crippen LogP) is 8.70. The second kappa shape index (κ2) is 10.8. The number of benzene rings is 3. The maximum absolute atomic E-state index is 2.45. The highest BCUT2D eigenvalue weighted by molar-refractivity contribution is 5.99. The molecule has 0 saturated carbocycles. The summed E-state index contributed by atoms with van der Waals surface area (Å²) in [5, 5.41) is 2.72. The standard InChI is InChI=1S/C38H40N2/c1-5-8-16-28-17-15-21-32-29(28)24-26-40-27-35(30-18-9-10-19-31(30)36-23-13-14-25-39(36)4)38(6-2,7-3)34-22-12-11-20-33(34)37(32)40/h9-15,17-27H,5-8,16H2,1-4H3/q+2.